The largest absolute Gasteiger partial charge is 0.339 e. The summed E-state index contributed by atoms with van der Waals surface area (Å²) < 4.78 is 0. The summed E-state index contributed by atoms with van der Waals surface area (Å²) in [4.78, 5) is 14.7. The van der Waals surface area contributed by atoms with Crippen molar-refractivity contribution in [1.29, 1.82) is 0 Å². The zero-order valence-corrected chi connectivity index (χ0v) is 15.5. The van der Waals surface area contributed by atoms with Crippen molar-refractivity contribution in [2.45, 2.75) is 46.6 Å². The van der Waals surface area contributed by atoms with Crippen molar-refractivity contribution in [2.24, 2.45) is 11.8 Å². The first-order valence-electron chi connectivity index (χ1n) is 8.64. The van der Waals surface area contributed by atoms with Gasteiger partial charge in [0.2, 0.25) is 5.91 Å². The molecule has 1 aliphatic heterocycles. The van der Waals surface area contributed by atoms with Crippen LogP contribution in [0.5, 0.6) is 0 Å². The average molecular weight is 339 g/mol. The number of nitrogens with one attached hydrogen (secondary N) is 1. The van der Waals surface area contributed by atoms with Gasteiger partial charge in [0.1, 0.15) is 0 Å². The molecule has 3 nitrogen and oxygen atoms in total. The molecule has 0 bridgehead atoms. The van der Waals surface area contributed by atoms with Crippen molar-refractivity contribution < 1.29 is 4.79 Å². The lowest BCUT2D eigenvalue weighted by molar-refractivity contribution is -0.133. The summed E-state index contributed by atoms with van der Waals surface area (Å²) in [6, 6.07) is 8.35. The summed E-state index contributed by atoms with van der Waals surface area (Å²) in [6.45, 7) is 10.2. The van der Waals surface area contributed by atoms with E-state index in [1.807, 2.05) is 4.90 Å². The molecule has 1 heterocycles. The van der Waals surface area contributed by atoms with Crippen LogP contribution in [0.4, 0.5) is 0 Å². The summed E-state index contributed by atoms with van der Waals surface area (Å²) >= 11 is 0. The van der Waals surface area contributed by atoms with Crippen LogP contribution in [0.1, 0.15) is 44.2 Å². The molecule has 1 unspecified atom stereocenters. The highest BCUT2D eigenvalue weighted by Gasteiger charge is 2.24. The van der Waals surface area contributed by atoms with Gasteiger partial charge in [-0.05, 0) is 62.7 Å². The van der Waals surface area contributed by atoms with E-state index in [9.17, 15) is 4.79 Å². The average Bonchev–Trinajstić information content (AvgIpc) is 2.54. The molecular formula is C19H31ClN2O. The van der Waals surface area contributed by atoms with E-state index in [1.54, 1.807) is 0 Å². The fourth-order valence-electron chi connectivity index (χ4n) is 3.35. The van der Waals surface area contributed by atoms with Crippen LogP contribution in [-0.4, -0.2) is 30.4 Å². The second-order valence-electron chi connectivity index (χ2n) is 6.60. The molecule has 1 aliphatic rings. The van der Waals surface area contributed by atoms with Crippen LogP contribution in [-0.2, 0) is 11.3 Å². The first-order chi connectivity index (χ1) is 10.6. The lowest BCUT2D eigenvalue weighted by Gasteiger charge is -2.30. The van der Waals surface area contributed by atoms with Crippen molar-refractivity contribution in [1.82, 2.24) is 10.2 Å². The van der Waals surface area contributed by atoms with Gasteiger partial charge >= 0.3 is 0 Å². The van der Waals surface area contributed by atoms with Crippen LogP contribution >= 0.6 is 12.4 Å². The van der Waals surface area contributed by atoms with Gasteiger partial charge in [0, 0.05) is 19.5 Å². The van der Waals surface area contributed by atoms with Crippen molar-refractivity contribution in [3.63, 3.8) is 0 Å². The Hall–Kier alpha value is -1.06. The van der Waals surface area contributed by atoms with Crippen molar-refractivity contribution in [2.75, 3.05) is 19.6 Å². The van der Waals surface area contributed by atoms with E-state index in [-0.39, 0.29) is 12.4 Å². The van der Waals surface area contributed by atoms with Gasteiger partial charge in [-0.2, -0.15) is 0 Å². The minimum absolute atomic E-state index is 0. The molecule has 1 N–H and O–H groups in total. The first-order valence-corrected chi connectivity index (χ1v) is 8.64. The summed E-state index contributed by atoms with van der Waals surface area (Å²) in [5, 5.41) is 3.40. The van der Waals surface area contributed by atoms with Gasteiger partial charge in [-0.15, -0.1) is 12.4 Å². The number of piperidine rings is 1. The van der Waals surface area contributed by atoms with Gasteiger partial charge in [-0.25, -0.2) is 0 Å². The van der Waals surface area contributed by atoms with Crippen LogP contribution in [0.3, 0.4) is 0 Å². The molecule has 0 radical (unpaired) electrons. The fraction of sp³-hybridized carbons (Fsp3) is 0.632. The topological polar surface area (TPSA) is 32.3 Å². The van der Waals surface area contributed by atoms with Crippen molar-refractivity contribution >= 4 is 18.3 Å². The number of halogens is 1. The third-order valence-corrected chi connectivity index (χ3v) is 5.04. The van der Waals surface area contributed by atoms with E-state index in [0.717, 1.165) is 26.2 Å². The summed E-state index contributed by atoms with van der Waals surface area (Å²) in [5.74, 6) is 1.49. The molecule has 1 aromatic carbocycles. The summed E-state index contributed by atoms with van der Waals surface area (Å²) in [7, 11) is 0. The van der Waals surface area contributed by atoms with Gasteiger partial charge in [0.25, 0.3) is 0 Å². The molecule has 1 fully saturated rings. The van der Waals surface area contributed by atoms with Gasteiger partial charge in [-0.1, -0.05) is 31.2 Å². The smallest absolute Gasteiger partial charge is 0.223 e. The minimum Gasteiger partial charge on any atom is -0.339 e. The van der Waals surface area contributed by atoms with E-state index in [0.29, 0.717) is 24.2 Å². The number of carbonyl (C=O) groups is 1. The predicted octanol–water partition coefficient (Wildman–Crippen LogP) is 3.79. The highest BCUT2D eigenvalue weighted by molar-refractivity contribution is 5.85. The molecule has 4 heteroatoms. The van der Waals surface area contributed by atoms with Gasteiger partial charge < -0.3 is 10.2 Å². The molecule has 0 aliphatic carbocycles. The predicted molar refractivity (Wildman–Crippen MR) is 98.9 cm³/mol. The SMILES string of the molecule is CCN(Cc1ccccc1C)C(=O)CC(C)C1CCNCC1.Cl. The maximum Gasteiger partial charge on any atom is 0.223 e. The Kier molecular flexibility index (Phi) is 8.64. The Morgan fingerprint density at radius 2 is 1.96 bits per heavy atom. The number of benzene rings is 1. The zero-order chi connectivity index (χ0) is 15.9. The zero-order valence-electron chi connectivity index (χ0n) is 14.7. The third kappa shape index (κ3) is 5.82. The lowest BCUT2D eigenvalue weighted by atomic mass is 9.84. The maximum atomic E-state index is 12.7. The number of aryl methyl sites for hydroxylation is 1. The second-order valence-corrected chi connectivity index (χ2v) is 6.60. The van der Waals surface area contributed by atoms with E-state index in [4.69, 9.17) is 0 Å². The Morgan fingerprint density at radius 3 is 2.57 bits per heavy atom. The van der Waals surface area contributed by atoms with Gasteiger partial charge in [0.15, 0.2) is 0 Å². The number of hydrogen-bond donors (Lipinski definition) is 1. The van der Waals surface area contributed by atoms with Crippen molar-refractivity contribution in [3.05, 3.63) is 35.4 Å². The number of rotatable bonds is 6. The van der Waals surface area contributed by atoms with Crippen LogP contribution in [0, 0.1) is 18.8 Å². The summed E-state index contributed by atoms with van der Waals surface area (Å²) in [5.41, 5.74) is 2.52. The molecule has 1 aromatic rings. The van der Waals surface area contributed by atoms with E-state index in [2.05, 4.69) is 50.4 Å². The molecule has 130 valence electrons. The molecule has 1 atom stereocenters. The Bertz CT molecular complexity index is 486. The van der Waals surface area contributed by atoms with E-state index < -0.39 is 0 Å². The number of amides is 1. The standard InChI is InChI=1S/C19H30N2O.ClH/c1-4-21(14-18-8-6-5-7-15(18)2)19(22)13-16(3)17-9-11-20-12-10-17;/h5-8,16-17,20H,4,9-14H2,1-3H3;1H. The van der Waals surface area contributed by atoms with Crippen LogP contribution in [0.15, 0.2) is 24.3 Å². The fourth-order valence-corrected chi connectivity index (χ4v) is 3.35. The van der Waals surface area contributed by atoms with Crippen LogP contribution in [0.25, 0.3) is 0 Å². The Morgan fingerprint density at radius 1 is 1.30 bits per heavy atom. The number of hydrogen-bond acceptors (Lipinski definition) is 2. The van der Waals surface area contributed by atoms with Crippen LogP contribution < -0.4 is 5.32 Å². The monoisotopic (exact) mass is 338 g/mol. The molecule has 1 amide bonds. The highest BCUT2D eigenvalue weighted by atomic mass is 35.5. The highest BCUT2D eigenvalue weighted by Crippen LogP contribution is 2.25. The van der Waals surface area contributed by atoms with Gasteiger partial charge in [0.05, 0.1) is 0 Å². The number of nitrogens with zero attached hydrogens (tertiary/aromatic N) is 1. The summed E-state index contributed by atoms with van der Waals surface area (Å²) in [6.07, 6.45) is 3.10. The minimum atomic E-state index is 0. The quantitative estimate of drug-likeness (QED) is 0.855. The third-order valence-electron chi connectivity index (χ3n) is 5.04. The van der Waals surface area contributed by atoms with Crippen molar-refractivity contribution in [3.8, 4) is 0 Å². The normalized spacial score (nSPS) is 16.5. The molecule has 23 heavy (non-hydrogen) atoms. The van der Waals surface area contributed by atoms with E-state index >= 15 is 0 Å². The lowest BCUT2D eigenvalue weighted by Crippen LogP contribution is -2.35. The Labute approximate surface area is 147 Å². The van der Waals surface area contributed by atoms with Crippen LogP contribution in [0.2, 0.25) is 0 Å². The maximum absolute atomic E-state index is 12.7. The molecule has 0 aromatic heterocycles. The first kappa shape index (κ1) is 20.0. The molecular weight excluding hydrogens is 308 g/mol. The Balaban J connectivity index is 0.00000264. The van der Waals surface area contributed by atoms with E-state index in [1.165, 1.54) is 24.0 Å². The molecule has 1 saturated heterocycles. The molecule has 2 rings (SSSR count). The number of carbonyl (C=O) groups excluding carboxylic acids is 1. The van der Waals surface area contributed by atoms with Gasteiger partial charge in [-0.3, -0.25) is 4.79 Å². The second kappa shape index (κ2) is 9.94. The molecule has 0 spiro atoms. The molecule has 0 saturated carbocycles.